The van der Waals surface area contributed by atoms with Gasteiger partial charge in [0.15, 0.2) is 5.11 Å². The van der Waals surface area contributed by atoms with Gasteiger partial charge >= 0.3 is 0 Å². The lowest BCUT2D eigenvalue weighted by Crippen LogP contribution is -2.39. The Hall–Kier alpha value is -2.05. The average molecular weight is 402 g/mol. The third kappa shape index (κ3) is 6.24. The molecule has 2 aromatic rings. The standard InChI is InChI=1S/C22H31N3O2S/c1-18-7-4-11-24(16-18)12-6-13-25(17-21-10-5-14-27-21)22(28)23-19-8-3-9-20(15-19)26-2/h3,5,8-10,14-15,18H,4,6-7,11-13,16-17H2,1-2H3,(H,23,28)/t18-/m1/s1. The van der Waals surface area contributed by atoms with E-state index in [0.717, 1.165) is 42.6 Å². The number of nitrogens with zero attached hydrogens (tertiary/aromatic N) is 2. The Kier molecular flexibility index (Phi) is 7.74. The molecule has 1 atom stereocenters. The Morgan fingerprint density at radius 3 is 3.00 bits per heavy atom. The van der Waals surface area contributed by atoms with Crippen LogP contribution in [0.4, 0.5) is 5.69 Å². The molecular weight excluding hydrogens is 370 g/mol. The fourth-order valence-electron chi connectivity index (χ4n) is 3.72. The van der Waals surface area contributed by atoms with Crippen LogP contribution in [0.25, 0.3) is 0 Å². The monoisotopic (exact) mass is 401 g/mol. The van der Waals surface area contributed by atoms with Crippen LogP contribution >= 0.6 is 12.2 Å². The number of hydrogen-bond acceptors (Lipinski definition) is 4. The van der Waals surface area contributed by atoms with Gasteiger partial charge in [-0.15, -0.1) is 0 Å². The van der Waals surface area contributed by atoms with Gasteiger partial charge in [-0.2, -0.15) is 0 Å². The maximum absolute atomic E-state index is 5.72. The van der Waals surface area contributed by atoms with Crippen molar-refractivity contribution in [1.29, 1.82) is 0 Å². The van der Waals surface area contributed by atoms with E-state index in [4.69, 9.17) is 21.4 Å². The van der Waals surface area contributed by atoms with Gasteiger partial charge in [-0.1, -0.05) is 13.0 Å². The molecule has 5 nitrogen and oxygen atoms in total. The Labute approximate surface area is 173 Å². The fraction of sp³-hybridized carbons (Fsp3) is 0.500. The molecule has 1 aliphatic heterocycles. The summed E-state index contributed by atoms with van der Waals surface area (Å²) >= 11 is 5.72. The molecule has 0 aliphatic carbocycles. The summed E-state index contributed by atoms with van der Waals surface area (Å²) in [6.07, 6.45) is 5.46. The Balaban J connectivity index is 1.58. The van der Waals surface area contributed by atoms with Gasteiger partial charge in [-0.05, 0) is 74.8 Å². The number of nitrogens with one attached hydrogen (secondary N) is 1. The van der Waals surface area contributed by atoms with Crippen molar-refractivity contribution in [3.63, 3.8) is 0 Å². The molecule has 1 aromatic heterocycles. The van der Waals surface area contributed by atoms with E-state index >= 15 is 0 Å². The van der Waals surface area contributed by atoms with Crippen molar-refractivity contribution in [1.82, 2.24) is 9.80 Å². The Morgan fingerprint density at radius 1 is 1.36 bits per heavy atom. The highest BCUT2D eigenvalue weighted by molar-refractivity contribution is 7.80. The normalized spacial score (nSPS) is 17.3. The molecule has 0 unspecified atom stereocenters. The van der Waals surface area contributed by atoms with Crippen molar-refractivity contribution in [3.8, 4) is 5.75 Å². The van der Waals surface area contributed by atoms with Crippen LogP contribution in [-0.2, 0) is 6.54 Å². The number of benzene rings is 1. The van der Waals surface area contributed by atoms with E-state index in [1.165, 1.54) is 25.9 Å². The zero-order valence-electron chi connectivity index (χ0n) is 16.9. The van der Waals surface area contributed by atoms with Crippen molar-refractivity contribution in [2.75, 3.05) is 38.6 Å². The number of ether oxygens (including phenoxy) is 1. The van der Waals surface area contributed by atoms with E-state index in [1.54, 1.807) is 13.4 Å². The van der Waals surface area contributed by atoms with E-state index in [2.05, 4.69) is 22.0 Å². The van der Waals surface area contributed by atoms with E-state index in [-0.39, 0.29) is 0 Å². The highest BCUT2D eigenvalue weighted by Gasteiger charge is 2.17. The first kappa shape index (κ1) is 20.7. The minimum Gasteiger partial charge on any atom is -0.497 e. The molecular formula is C22H31N3O2S. The molecule has 1 fully saturated rings. The average Bonchev–Trinajstić information content (AvgIpc) is 3.20. The summed E-state index contributed by atoms with van der Waals surface area (Å²) < 4.78 is 10.9. The third-order valence-electron chi connectivity index (χ3n) is 5.18. The van der Waals surface area contributed by atoms with Gasteiger partial charge in [-0.25, -0.2) is 0 Å². The van der Waals surface area contributed by atoms with Crippen LogP contribution in [0.5, 0.6) is 5.75 Å². The zero-order valence-corrected chi connectivity index (χ0v) is 17.7. The van der Waals surface area contributed by atoms with Crippen LogP contribution in [0, 0.1) is 5.92 Å². The summed E-state index contributed by atoms with van der Waals surface area (Å²) in [7, 11) is 1.67. The summed E-state index contributed by atoms with van der Waals surface area (Å²) in [6.45, 7) is 7.45. The molecule has 1 N–H and O–H groups in total. The second-order valence-electron chi connectivity index (χ2n) is 7.56. The maximum atomic E-state index is 5.72. The van der Waals surface area contributed by atoms with Crippen LogP contribution in [0.3, 0.4) is 0 Å². The zero-order chi connectivity index (χ0) is 19.8. The number of anilines is 1. The molecule has 1 aromatic carbocycles. The molecule has 6 heteroatoms. The van der Waals surface area contributed by atoms with Crippen LogP contribution in [-0.4, -0.2) is 48.2 Å². The van der Waals surface area contributed by atoms with Crippen LogP contribution in [0.2, 0.25) is 0 Å². The fourth-order valence-corrected chi connectivity index (χ4v) is 4.00. The van der Waals surface area contributed by atoms with E-state index in [0.29, 0.717) is 11.7 Å². The molecule has 0 saturated carbocycles. The first-order chi connectivity index (χ1) is 13.6. The predicted molar refractivity (Wildman–Crippen MR) is 118 cm³/mol. The summed E-state index contributed by atoms with van der Waals surface area (Å²) in [5.41, 5.74) is 0.929. The van der Waals surface area contributed by atoms with Gasteiger partial charge in [0.25, 0.3) is 0 Å². The first-order valence-corrected chi connectivity index (χ1v) is 10.5. The smallest absolute Gasteiger partial charge is 0.173 e. The topological polar surface area (TPSA) is 40.9 Å². The number of furan rings is 1. The van der Waals surface area contributed by atoms with Crippen molar-refractivity contribution < 1.29 is 9.15 Å². The number of piperidine rings is 1. The van der Waals surface area contributed by atoms with Gasteiger partial charge in [0.2, 0.25) is 0 Å². The Bertz CT molecular complexity index is 735. The molecule has 28 heavy (non-hydrogen) atoms. The first-order valence-electron chi connectivity index (χ1n) is 10.1. The summed E-state index contributed by atoms with van der Waals surface area (Å²) in [4.78, 5) is 4.76. The Morgan fingerprint density at radius 2 is 2.25 bits per heavy atom. The highest BCUT2D eigenvalue weighted by atomic mass is 32.1. The molecule has 152 valence electrons. The summed E-state index contributed by atoms with van der Waals surface area (Å²) in [5.74, 6) is 2.54. The van der Waals surface area contributed by atoms with Crippen LogP contribution in [0.15, 0.2) is 47.1 Å². The van der Waals surface area contributed by atoms with Gasteiger partial charge in [-0.3, -0.25) is 0 Å². The number of thiocarbonyl (C=S) groups is 1. The minimum absolute atomic E-state index is 0.666. The lowest BCUT2D eigenvalue weighted by Gasteiger charge is -2.32. The van der Waals surface area contributed by atoms with Crippen molar-refractivity contribution in [2.24, 2.45) is 5.92 Å². The highest BCUT2D eigenvalue weighted by Crippen LogP contribution is 2.19. The predicted octanol–water partition coefficient (Wildman–Crippen LogP) is 4.61. The van der Waals surface area contributed by atoms with Crippen molar-refractivity contribution in [2.45, 2.75) is 32.7 Å². The number of rotatable bonds is 8. The van der Waals surface area contributed by atoms with Gasteiger partial charge < -0.3 is 24.3 Å². The van der Waals surface area contributed by atoms with E-state index < -0.39 is 0 Å². The lowest BCUT2D eigenvalue weighted by molar-refractivity contribution is 0.177. The second kappa shape index (κ2) is 10.5. The van der Waals surface area contributed by atoms with Crippen LogP contribution < -0.4 is 10.1 Å². The van der Waals surface area contributed by atoms with Gasteiger partial charge in [0.1, 0.15) is 11.5 Å². The SMILES string of the molecule is COc1cccc(NC(=S)N(CCCN2CCC[C@@H](C)C2)Cc2ccco2)c1. The van der Waals surface area contributed by atoms with E-state index in [1.807, 2.05) is 36.4 Å². The van der Waals surface area contributed by atoms with Gasteiger partial charge in [0, 0.05) is 24.8 Å². The molecule has 1 saturated heterocycles. The molecule has 0 spiro atoms. The number of hydrogen-bond donors (Lipinski definition) is 1. The quantitative estimate of drug-likeness (QED) is 0.652. The van der Waals surface area contributed by atoms with Crippen LogP contribution in [0.1, 0.15) is 31.9 Å². The summed E-state index contributed by atoms with van der Waals surface area (Å²) in [6, 6.07) is 11.7. The van der Waals surface area contributed by atoms with Crippen molar-refractivity contribution in [3.05, 3.63) is 48.4 Å². The molecule has 0 radical (unpaired) electrons. The third-order valence-corrected chi connectivity index (χ3v) is 5.54. The molecule has 0 amide bonds. The van der Waals surface area contributed by atoms with E-state index in [9.17, 15) is 0 Å². The largest absolute Gasteiger partial charge is 0.497 e. The van der Waals surface area contributed by atoms with Gasteiger partial charge in [0.05, 0.1) is 19.9 Å². The molecule has 1 aliphatic rings. The minimum atomic E-state index is 0.666. The number of likely N-dealkylation sites (tertiary alicyclic amines) is 1. The maximum Gasteiger partial charge on any atom is 0.173 e. The number of methoxy groups -OCH3 is 1. The molecule has 2 heterocycles. The summed E-state index contributed by atoms with van der Waals surface area (Å²) in [5, 5.41) is 4.05. The second-order valence-corrected chi connectivity index (χ2v) is 7.95. The molecule has 3 rings (SSSR count). The van der Waals surface area contributed by atoms with Crippen molar-refractivity contribution >= 4 is 23.0 Å². The lowest BCUT2D eigenvalue weighted by atomic mass is 10.0. The molecule has 0 bridgehead atoms.